The summed E-state index contributed by atoms with van der Waals surface area (Å²) in [5.74, 6) is -0.702. The van der Waals surface area contributed by atoms with E-state index in [9.17, 15) is 10.0 Å². The van der Waals surface area contributed by atoms with Crippen LogP contribution in [0.25, 0.3) is 1.43 Å². The Morgan fingerprint density at radius 1 is 1.44 bits per heavy atom. The van der Waals surface area contributed by atoms with Crippen LogP contribution in [-0.2, 0) is 9.53 Å². The molecule has 5 heteroatoms. The molecule has 0 aromatic heterocycles. The number of hydroxylamine groups is 2. The first-order valence-corrected chi connectivity index (χ1v) is 5.46. The molecule has 1 rings (SSSR count). The predicted octanol–water partition coefficient (Wildman–Crippen LogP) is 1.50. The number of carboxylic acids is 1. The van der Waals surface area contributed by atoms with Crippen LogP contribution >= 0.6 is 0 Å². The monoisotopic (exact) mass is 233 g/mol. The highest BCUT2D eigenvalue weighted by molar-refractivity contribution is 5.68. The van der Waals surface area contributed by atoms with Crippen molar-refractivity contribution in [1.82, 2.24) is 5.06 Å². The molecule has 0 bridgehead atoms. The first-order valence-electron chi connectivity index (χ1n) is 5.87. The molecule has 0 aromatic rings. The Bertz CT molecular complexity index is 275. The summed E-state index contributed by atoms with van der Waals surface area (Å²) in [4.78, 5) is 10.8. The summed E-state index contributed by atoms with van der Waals surface area (Å²) in [6.07, 6.45) is 1.12. The van der Waals surface area contributed by atoms with E-state index in [-0.39, 0.29) is 12.7 Å². The fraction of sp³-hybridized carbons (Fsp3) is 0.909. The maximum Gasteiger partial charge on any atom is 0.329 e. The van der Waals surface area contributed by atoms with E-state index in [1.807, 2.05) is 27.7 Å². The van der Waals surface area contributed by atoms with Crippen LogP contribution in [-0.4, -0.2) is 45.1 Å². The summed E-state index contributed by atoms with van der Waals surface area (Å²) in [5.41, 5.74) is -0.811. The van der Waals surface area contributed by atoms with E-state index in [1.165, 1.54) is 5.06 Å². The molecule has 0 aromatic carbocycles. The summed E-state index contributed by atoms with van der Waals surface area (Å²) < 4.78 is 11.9. The minimum atomic E-state index is -0.702. The van der Waals surface area contributed by atoms with Gasteiger partial charge in [0, 0.05) is 11.1 Å². The van der Waals surface area contributed by atoms with Gasteiger partial charge in [-0.2, -0.15) is 5.06 Å². The van der Waals surface area contributed by atoms with Gasteiger partial charge in [-0.25, -0.2) is 4.79 Å². The number of piperidine rings is 1. The Labute approximate surface area is 97.5 Å². The number of ether oxygens (including phenoxy) is 1. The Morgan fingerprint density at radius 2 is 1.94 bits per heavy atom. The van der Waals surface area contributed by atoms with Crippen molar-refractivity contribution in [2.45, 2.75) is 57.7 Å². The summed E-state index contributed by atoms with van der Waals surface area (Å²) in [5, 5.41) is 15.2. The van der Waals surface area contributed by atoms with E-state index in [0.29, 0.717) is 12.8 Å². The van der Waals surface area contributed by atoms with Crippen molar-refractivity contribution >= 4 is 5.97 Å². The molecule has 1 fully saturated rings. The van der Waals surface area contributed by atoms with Crippen LogP contribution in [0.5, 0.6) is 0 Å². The van der Waals surface area contributed by atoms with Crippen molar-refractivity contribution in [2.24, 2.45) is 0 Å². The average Bonchev–Trinajstić information content (AvgIpc) is 2.21. The van der Waals surface area contributed by atoms with Gasteiger partial charge in [0.1, 0.15) is 6.61 Å². The number of hydrogen-bond acceptors (Lipinski definition) is 5. The lowest BCUT2D eigenvalue weighted by molar-refractivity contribution is -0.261. The highest BCUT2D eigenvalue weighted by Crippen LogP contribution is 2.37. The predicted molar refractivity (Wildman–Crippen MR) is 58.4 cm³/mol. The minimum Gasteiger partial charge on any atom is -0.480 e. The summed E-state index contributed by atoms with van der Waals surface area (Å²) in [7, 11) is 0. The highest BCUT2D eigenvalue weighted by Gasteiger charge is 2.45. The molecular weight excluding hydrogens is 210 g/mol. The maximum absolute atomic E-state index is 10.8. The van der Waals surface area contributed by atoms with Gasteiger partial charge < -0.3 is 15.1 Å². The van der Waals surface area contributed by atoms with Gasteiger partial charge in [0.2, 0.25) is 0 Å². The van der Waals surface area contributed by atoms with Crippen LogP contribution in [0.15, 0.2) is 0 Å². The molecule has 0 atom stereocenters. The van der Waals surface area contributed by atoms with Gasteiger partial charge in [0.05, 0.1) is 6.10 Å². The number of hydrogen-bond donors (Lipinski definition) is 2. The Hall–Kier alpha value is -0.650. The summed E-state index contributed by atoms with van der Waals surface area (Å²) in [6, 6.07) is 0. The Balaban J connectivity index is 2.62. The van der Waals surface area contributed by atoms with E-state index in [2.05, 4.69) is 5.11 Å². The second kappa shape index (κ2) is 4.31. The molecule has 94 valence electrons. The first-order chi connectivity index (χ1) is 7.69. The normalized spacial score (nSPS) is 26.2. The number of carbonyl (C=O) groups is 1. The molecule has 0 spiro atoms. The SMILES string of the molecule is [3H]OC(=O)COC1CC(C)(C)N(O)C(C)(C)C1. The molecule has 0 amide bonds. The quantitative estimate of drug-likeness (QED) is 0.773. The lowest BCUT2D eigenvalue weighted by Gasteiger charge is -2.51. The van der Waals surface area contributed by atoms with Gasteiger partial charge in [-0.05, 0) is 40.5 Å². The van der Waals surface area contributed by atoms with Gasteiger partial charge in [-0.1, -0.05) is 0 Å². The second-order valence-corrected chi connectivity index (χ2v) is 5.65. The summed E-state index contributed by atoms with van der Waals surface area (Å²) in [6.45, 7) is 7.48. The molecule has 1 heterocycles. The van der Waals surface area contributed by atoms with Crippen molar-refractivity contribution in [1.29, 1.82) is 1.43 Å². The van der Waals surface area contributed by atoms with Crippen molar-refractivity contribution in [2.75, 3.05) is 6.61 Å². The van der Waals surface area contributed by atoms with Gasteiger partial charge in [-0.3, -0.25) is 0 Å². The van der Waals surface area contributed by atoms with E-state index in [1.54, 1.807) is 0 Å². The zero-order valence-electron chi connectivity index (χ0n) is 11.3. The molecule has 5 nitrogen and oxygen atoms in total. The number of rotatable bonds is 3. The molecule has 0 saturated carbocycles. The molecule has 0 unspecified atom stereocenters. The minimum absolute atomic E-state index is 0.123. The molecule has 0 radical (unpaired) electrons. The van der Waals surface area contributed by atoms with Crippen molar-refractivity contribution in [3.8, 4) is 0 Å². The fourth-order valence-corrected chi connectivity index (χ4v) is 2.48. The maximum atomic E-state index is 10.8. The van der Waals surface area contributed by atoms with Crippen molar-refractivity contribution < 1.29 is 19.8 Å². The number of carboxylic acid groups (broad SMARTS) is 1. The van der Waals surface area contributed by atoms with Crippen LogP contribution < -0.4 is 0 Å². The molecule has 16 heavy (non-hydrogen) atoms. The van der Waals surface area contributed by atoms with E-state index in [0.717, 1.165) is 0 Å². The van der Waals surface area contributed by atoms with Crippen LogP contribution in [0, 0.1) is 0 Å². The van der Waals surface area contributed by atoms with Gasteiger partial charge in [-0.15, -0.1) is 0 Å². The van der Waals surface area contributed by atoms with Crippen LogP contribution in [0.3, 0.4) is 0 Å². The average molecular weight is 233 g/mol. The molecule has 0 aliphatic carbocycles. The first kappa shape index (κ1) is 11.8. The van der Waals surface area contributed by atoms with Gasteiger partial charge in [0.15, 0.2) is 0 Å². The van der Waals surface area contributed by atoms with Gasteiger partial charge >= 0.3 is 5.97 Å². The van der Waals surface area contributed by atoms with Gasteiger partial charge in [0.25, 0.3) is 1.43 Å². The zero-order chi connectivity index (χ0) is 13.3. The zero-order valence-corrected chi connectivity index (χ0v) is 10.3. The molecule has 1 saturated heterocycles. The van der Waals surface area contributed by atoms with E-state index >= 15 is 0 Å². The third-order valence-corrected chi connectivity index (χ3v) is 3.04. The molecule has 2 N–H and O–H groups in total. The Morgan fingerprint density at radius 3 is 2.38 bits per heavy atom. The molecular formula is C11H21NO4. The van der Waals surface area contributed by atoms with Crippen molar-refractivity contribution in [3.05, 3.63) is 0 Å². The van der Waals surface area contributed by atoms with E-state index in [4.69, 9.17) is 6.17 Å². The molecule has 1 aliphatic heterocycles. The fourth-order valence-electron chi connectivity index (χ4n) is 2.48. The standard InChI is InChI=1S/C11H21NO4/c1-10(2)5-8(16-7-9(13)14)6-11(3,4)12(10)15/h8,15H,5-7H2,1-4H3,(H,13,14)/i/hT. The topological polar surface area (TPSA) is 70.0 Å². The molecule has 1 aliphatic rings. The number of nitrogens with zero attached hydrogens (tertiary/aromatic N) is 1. The summed E-state index contributed by atoms with van der Waals surface area (Å²) >= 11 is 0. The van der Waals surface area contributed by atoms with Crippen LogP contribution in [0.4, 0.5) is 0 Å². The smallest absolute Gasteiger partial charge is 0.329 e. The van der Waals surface area contributed by atoms with Crippen molar-refractivity contribution in [3.63, 3.8) is 0 Å². The lowest BCUT2D eigenvalue weighted by atomic mass is 9.80. The Kier molecular flexibility index (Phi) is 3.19. The second-order valence-electron chi connectivity index (χ2n) is 5.65. The largest absolute Gasteiger partial charge is 0.480 e. The number of aliphatic carboxylic acids is 1. The van der Waals surface area contributed by atoms with Crippen LogP contribution in [0.1, 0.15) is 40.5 Å². The third-order valence-electron chi connectivity index (χ3n) is 3.04. The van der Waals surface area contributed by atoms with Crippen LogP contribution in [0.2, 0.25) is 0 Å². The van der Waals surface area contributed by atoms with E-state index < -0.39 is 17.0 Å². The lowest BCUT2D eigenvalue weighted by Crippen LogP contribution is -2.60. The highest BCUT2D eigenvalue weighted by atomic mass is 16.5. The third kappa shape index (κ3) is 2.93.